The lowest BCUT2D eigenvalue weighted by atomic mass is 10.2. The summed E-state index contributed by atoms with van der Waals surface area (Å²) in [4.78, 5) is 12.1. The van der Waals surface area contributed by atoms with Crippen molar-refractivity contribution in [2.24, 2.45) is 0 Å². The zero-order valence-corrected chi connectivity index (χ0v) is 13.5. The fourth-order valence-electron chi connectivity index (χ4n) is 2.08. The molecule has 3 N–H and O–H groups in total. The molecule has 3 aromatic rings. The summed E-state index contributed by atoms with van der Waals surface area (Å²) in [6.45, 7) is 0. The van der Waals surface area contributed by atoms with Gasteiger partial charge in [-0.05, 0) is 42.7 Å². The van der Waals surface area contributed by atoms with E-state index in [0.29, 0.717) is 22.0 Å². The van der Waals surface area contributed by atoms with Crippen molar-refractivity contribution in [1.82, 2.24) is 9.78 Å². The minimum absolute atomic E-state index is 0.249. The summed E-state index contributed by atoms with van der Waals surface area (Å²) in [6, 6.07) is 12.3. The number of nitrogen functional groups attached to an aromatic ring is 1. The standard InChI is InChI=1S/C16H13N5O2S/c1-24-14-7-6-13(23-14)16(22)20-11-2-4-12(5-3-11)21-15(18)10(8-17)9-19-21/h2-7,9H,18H2,1H3,(H,20,22). The van der Waals surface area contributed by atoms with Crippen molar-refractivity contribution in [3.63, 3.8) is 0 Å². The van der Waals surface area contributed by atoms with E-state index in [1.54, 1.807) is 36.4 Å². The third-order valence-electron chi connectivity index (χ3n) is 3.30. The van der Waals surface area contributed by atoms with Gasteiger partial charge in [0.1, 0.15) is 17.5 Å². The van der Waals surface area contributed by atoms with Gasteiger partial charge < -0.3 is 15.5 Å². The Kier molecular flexibility index (Phi) is 4.26. The monoisotopic (exact) mass is 339 g/mol. The second-order valence-corrected chi connectivity index (χ2v) is 5.60. The number of amides is 1. The fraction of sp³-hybridized carbons (Fsp3) is 0.0625. The molecule has 2 heterocycles. The number of furan rings is 1. The quantitative estimate of drug-likeness (QED) is 0.707. The molecule has 1 amide bonds. The minimum atomic E-state index is -0.326. The SMILES string of the molecule is CSc1ccc(C(=O)Nc2ccc(-n3ncc(C#N)c3N)cc2)o1. The summed E-state index contributed by atoms with van der Waals surface area (Å²) in [7, 11) is 0. The third kappa shape index (κ3) is 2.98. The molecular formula is C16H13N5O2S. The molecule has 2 aromatic heterocycles. The smallest absolute Gasteiger partial charge is 0.291 e. The summed E-state index contributed by atoms with van der Waals surface area (Å²) in [5.74, 6) is 0.196. The summed E-state index contributed by atoms with van der Waals surface area (Å²) in [6.07, 6.45) is 3.28. The van der Waals surface area contributed by atoms with Crippen molar-refractivity contribution in [2.45, 2.75) is 5.09 Å². The molecule has 0 saturated heterocycles. The predicted molar refractivity (Wildman–Crippen MR) is 91.1 cm³/mol. The largest absolute Gasteiger partial charge is 0.445 e. The van der Waals surface area contributed by atoms with Crippen molar-refractivity contribution >= 4 is 29.2 Å². The number of benzene rings is 1. The number of carbonyl (C=O) groups is 1. The van der Waals surface area contributed by atoms with E-state index < -0.39 is 0 Å². The number of nitrogens with zero attached hydrogens (tertiary/aromatic N) is 3. The number of nitrogens with two attached hydrogens (primary N) is 1. The Bertz CT molecular complexity index is 921. The van der Waals surface area contributed by atoms with Gasteiger partial charge in [0.15, 0.2) is 10.9 Å². The topological polar surface area (TPSA) is 110 Å². The first-order valence-electron chi connectivity index (χ1n) is 6.91. The van der Waals surface area contributed by atoms with Gasteiger partial charge in [-0.15, -0.1) is 0 Å². The number of thioether (sulfide) groups is 1. The molecule has 3 rings (SSSR count). The first-order valence-corrected chi connectivity index (χ1v) is 8.14. The van der Waals surface area contributed by atoms with E-state index in [-0.39, 0.29) is 17.5 Å². The molecule has 0 spiro atoms. The highest BCUT2D eigenvalue weighted by Gasteiger charge is 2.12. The molecule has 0 bridgehead atoms. The Morgan fingerprint density at radius 1 is 1.33 bits per heavy atom. The lowest BCUT2D eigenvalue weighted by Crippen LogP contribution is -2.11. The van der Waals surface area contributed by atoms with Gasteiger partial charge in [0.05, 0.1) is 11.9 Å². The number of nitriles is 1. The molecule has 0 aliphatic carbocycles. The van der Waals surface area contributed by atoms with Crippen LogP contribution in [0.5, 0.6) is 0 Å². The maximum Gasteiger partial charge on any atom is 0.291 e. The van der Waals surface area contributed by atoms with Crippen molar-refractivity contribution < 1.29 is 9.21 Å². The van der Waals surface area contributed by atoms with Crippen LogP contribution in [0.15, 0.2) is 52.1 Å². The molecular weight excluding hydrogens is 326 g/mol. The molecule has 8 heteroatoms. The Balaban J connectivity index is 1.76. The van der Waals surface area contributed by atoms with E-state index in [0.717, 1.165) is 0 Å². The summed E-state index contributed by atoms with van der Waals surface area (Å²) in [5, 5.41) is 16.4. The second-order valence-electron chi connectivity index (χ2n) is 4.79. The van der Waals surface area contributed by atoms with Crippen LogP contribution in [0.25, 0.3) is 5.69 Å². The maximum atomic E-state index is 12.1. The molecule has 0 saturated carbocycles. The van der Waals surface area contributed by atoms with Crippen LogP contribution in [0.3, 0.4) is 0 Å². The summed E-state index contributed by atoms with van der Waals surface area (Å²) in [5.41, 5.74) is 7.46. The van der Waals surface area contributed by atoms with Crippen molar-refractivity contribution in [3.8, 4) is 11.8 Å². The Morgan fingerprint density at radius 3 is 2.67 bits per heavy atom. The van der Waals surface area contributed by atoms with E-state index >= 15 is 0 Å². The zero-order valence-electron chi connectivity index (χ0n) is 12.7. The number of aromatic nitrogens is 2. The van der Waals surface area contributed by atoms with Crippen LogP contribution in [-0.4, -0.2) is 21.9 Å². The van der Waals surface area contributed by atoms with Crippen molar-refractivity contribution in [2.75, 3.05) is 17.3 Å². The molecule has 0 fully saturated rings. The van der Waals surface area contributed by atoms with Crippen LogP contribution in [0.1, 0.15) is 16.1 Å². The number of hydrogen-bond donors (Lipinski definition) is 2. The van der Waals surface area contributed by atoms with Crippen LogP contribution in [0.2, 0.25) is 0 Å². The molecule has 1 aromatic carbocycles. The Labute approximate surface area is 142 Å². The number of anilines is 2. The van der Waals surface area contributed by atoms with Gasteiger partial charge in [-0.1, -0.05) is 11.8 Å². The normalized spacial score (nSPS) is 10.3. The van der Waals surface area contributed by atoms with Gasteiger partial charge in [0, 0.05) is 5.69 Å². The number of carbonyl (C=O) groups excluding carboxylic acids is 1. The molecule has 0 aliphatic heterocycles. The molecule has 0 aliphatic rings. The number of nitrogens with one attached hydrogen (secondary N) is 1. The average molecular weight is 339 g/mol. The Hall–Kier alpha value is -3.18. The molecule has 0 atom stereocenters. The third-order valence-corrected chi connectivity index (χ3v) is 3.92. The van der Waals surface area contributed by atoms with Crippen LogP contribution < -0.4 is 11.1 Å². The highest BCUT2D eigenvalue weighted by Crippen LogP contribution is 2.21. The Morgan fingerprint density at radius 2 is 2.08 bits per heavy atom. The molecule has 0 radical (unpaired) electrons. The summed E-state index contributed by atoms with van der Waals surface area (Å²) < 4.78 is 6.84. The maximum absolute atomic E-state index is 12.1. The molecule has 7 nitrogen and oxygen atoms in total. The van der Waals surface area contributed by atoms with Gasteiger partial charge in [0.25, 0.3) is 5.91 Å². The van der Waals surface area contributed by atoms with E-state index in [2.05, 4.69) is 10.4 Å². The van der Waals surface area contributed by atoms with E-state index in [9.17, 15) is 4.79 Å². The highest BCUT2D eigenvalue weighted by molar-refractivity contribution is 7.98. The van der Waals surface area contributed by atoms with Gasteiger partial charge in [0.2, 0.25) is 0 Å². The molecule has 0 unspecified atom stereocenters. The lowest BCUT2D eigenvalue weighted by molar-refractivity contribution is 0.0992. The van der Waals surface area contributed by atoms with E-state index in [1.807, 2.05) is 12.3 Å². The fourth-order valence-corrected chi connectivity index (χ4v) is 2.46. The number of hydrogen-bond acceptors (Lipinski definition) is 6. The highest BCUT2D eigenvalue weighted by atomic mass is 32.2. The minimum Gasteiger partial charge on any atom is -0.445 e. The van der Waals surface area contributed by atoms with Gasteiger partial charge in [-0.2, -0.15) is 10.4 Å². The van der Waals surface area contributed by atoms with E-state index in [1.165, 1.54) is 22.6 Å². The molecule has 24 heavy (non-hydrogen) atoms. The predicted octanol–water partition coefficient (Wildman–Crippen LogP) is 2.89. The van der Waals surface area contributed by atoms with Gasteiger partial charge in [-0.3, -0.25) is 4.79 Å². The van der Waals surface area contributed by atoms with Crippen LogP contribution in [-0.2, 0) is 0 Å². The van der Waals surface area contributed by atoms with E-state index in [4.69, 9.17) is 15.4 Å². The molecule has 120 valence electrons. The van der Waals surface area contributed by atoms with Crippen molar-refractivity contribution in [1.29, 1.82) is 5.26 Å². The van der Waals surface area contributed by atoms with Gasteiger partial charge in [-0.25, -0.2) is 4.68 Å². The van der Waals surface area contributed by atoms with Crippen molar-refractivity contribution in [3.05, 3.63) is 53.9 Å². The van der Waals surface area contributed by atoms with Crippen LogP contribution >= 0.6 is 11.8 Å². The number of rotatable bonds is 4. The van der Waals surface area contributed by atoms with Crippen LogP contribution in [0, 0.1) is 11.3 Å². The first-order chi connectivity index (χ1) is 11.6. The summed E-state index contributed by atoms with van der Waals surface area (Å²) >= 11 is 1.43. The lowest BCUT2D eigenvalue weighted by Gasteiger charge is -2.07. The van der Waals surface area contributed by atoms with Gasteiger partial charge >= 0.3 is 0 Å². The zero-order chi connectivity index (χ0) is 17.1. The first kappa shape index (κ1) is 15.7. The van der Waals surface area contributed by atoms with Crippen LogP contribution in [0.4, 0.5) is 11.5 Å². The second kappa shape index (κ2) is 6.52. The average Bonchev–Trinajstić information content (AvgIpc) is 3.22.